The third-order valence-electron chi connectivity index (χ3n) is 5.80. The average Bonchev–Trinajstić information content (AvgIpc) is 3.21. The van der Waals surface area contributed by atoms with Gasteiger partial charge in [0.1, 0.15) is 0 Å². The molecule has 1 aromatic heterocycles. The number of carbonyl (C=O) groups is 1. The Hall–Kier alpha value is -1.14. The fraction of sp³-hybridized carbons (Fsp3) is 0.812. The predicted molar refractivity (Wildman–Crippen MR) is 89.9 cm³/mol. The molecule has 4 rings (SSSR count). The Bertz CT molecular complexity index is 557. The van der Waals surface area contributed by atoms with E-state index in [4.69, 9.17) is 0 Å². The molecular weight excluding hydrogens is 314 g/mol. The second kappa shape index (κ2) is 6.77. The van der Waals surface area contributed by atoms with Crippen LogP contribution in [0.4, 0.5) is 0 Å². The molecule has 128 valence electrons. The normalized spacial score (nSPS) is 27.8. The first-order chi connectivity index (χ1) is 10.7. The van der Waals surface area contributed by atoms with Gasteiger partial charge in [-0.15, -0.1) is 17.5 Å². The zero-order valence-electron chi connectivity index (χ0n) is 13.7. The van der Waals surface area contributed by atoms with Gasteiger partial charge in [-0.3, -0.25) is 4.79 Å². The molecular formula is C16H26ClN5O. The molecule has 7 heteroatoms. The van der Waals surface area contributed by atoms with E-state index in [2.05, 4.69) is 15.6 Å². The first-order valence-corrected chi connectivity index (χ1v) is 8.66. The van der Waals surface area contributed by atoms with E-state index in [1.54, 1.807) is 0 Å². The van der Waals surface area contributed by atoms with Crippen molar-refractivity contribution in [3.8, 4) is 0 Å². The van der Waals surface area contributed by atoms with Crippen LogP contribution in [0.3, 0.4) is 0 Å². The third kappa shape index (κ3) is 2.98. The quantitative estimate of drug-likeness (QED) is 0.892. The molecule has 3 aliphatic rings. The Morgan fingerprint density at radius 1 is 1.13 bits per heavy atom. The number of nitrogens with one attached hydrogen (secondary N) is 1. The van der Waals surface area contributed by atoms with Gasteiger partial charge in [0.25, 0.3) is 5.91 Å². The van der Waals surface area contributed by atoms with Crippen LogP contribution in [0.2, 0.25) is 0 Å². The summed E-state index contributed by atoms with van der Waals surface area (Å²) < 4.78 is 1.98. The van der Waals surface area contributed by atoms with Gasteiger partial charge in [0, 0.05) is 13.1 Å². The van der Waals surface area contributed by atoms with Crippen molar-refractivity contribution in [1.82, 2.24) is 25.2 Å². The van der Waals surface area contributed by atoms with Crippen LogP contribution in [0.15, 0.2) is 0 Å². The molecule has 23 heavy (non-hydrogen) atoms. The van der Waals surface area contributed by atoms with Crippen LogP contribution in [0.1, 0.15) is 54.3 Å². The van der Waals surface area contributed by atoms with Gasteiger partial charge in [0.05, 0.1) is 11.7 Å². The summed E-state index contributed by atoms with van der Waals surface area (Å²) in [5.74, 6) is 1.54. The lowest BCUT2D eigenvalue weighted by Crippen LogP contribution is -2.31. The number of nitrogens with zero attached hydrogens (tertiary/aromatic N) is 4. The molecule has 0 radical (unpaired) electrons. The number of aromatic nitrogens is 3. The summed E-state index contributed by atoms with van der Waals surface area (Å²) in [6.07, 6.45) is 6.03. The highest BCUT2D eigenvalue weighted by atomic mass is 35.5. The molecule has 2 atom stereocenters. The average molecular weight is 340 g/mol. The van der Waals surface area contributed by atoms with Gasteiger partial charge >= 0.3 is 0 Å². The van der Waals surface area contributed by atoms with Gasteiger partial charge in [-0.25, -0.2) is 4.68 Å². The zero-order chi connectivity index (χ0) is 15.1. The van der Waals surface area contributed by atoms with Crippen LogP contribution in [0.5, 0.6) is 0 Å². The zero-order valence-corrected chi connectivity index (χ0v) is 14.5. The molecule has 1 N–H and O–H groups in total. The van der Waals surface area contributed by atoms with Gasteiger partial charge in [0.2, 0.25) is 0 Å². The van der Waals surface area contributed by atoms with Crippen LogP contribution in [0, 0.1) is 18.8 Å². The molecule has 1 amide bonds. The monoisotopic (exact) mass is 339 g/mol. The van der Waals surface area contributed by atoms with Crippen LogP contribution < -0.4 is 5.32 Å². The van der Waals surface area contributed by atoms with Gasteiger partial charge in [-0.1, -0.05) is 11.6 Å². The SMILES string of the molecule is Cc1c(C(=O)N2CC3CCCC3C2)nnn1C1CCNCC1.Cl. The van der Waals surface area contributed by atoms with E-state index in [1.807, 2.05) is 16.5 Å². The first kappa shape index (κ1) is 16.7. The molecule has 2 saturated heterocycles. The number of rotatable bonds is 2. The van der Waals surface area contributed by atoms with Crippen molar-refractivity contribution in [1.29, 1.82) is 0 Å². The lowest BCUT2D eigenvalue weighted by Gasteiger charge is -2.23. The number of piperidine rings is 1. The molecule has 1 aliphatic carbocycles. The molecule has 0 aromatic carbocycles. The Labute approximate surface area is 143 Å². The van der Waals surface area contributed by atoms with Crippen LogP contribution in [0.25, 0.3) is 0 Å². The summed E-state index contributed by atoms with van der Waals surface area (Å²) in [6.45, 7) is 5.87. The Balaban J connectivity index is 0.00000156. The van der Waals surface area contributed by atoms with Crippen LogP contribution in [-0.2, 0) is 0 Å². The van der Waals surface area contributed by atoms with Crippen molar-refractivity contribution in [3.63, 3.8) is 0 Å². The minimum Gasteiger partial charge on any atom is -0.337 e. The third-order valence-corrected chi connectivity index (χ3v) is 5.80. The molecule has 6 nitrogen and oxygen atoms in total. The number of likely N-dealkylation sites (tertiary alicyclic amines) is 1. The standard InChI is InChI=1S/C16H25N5O.ClH/c1-11-15(18-19-21(11)14-5-7-17-8-6-14)16(22)20-9-12-3-2-4-13(12)10-20;/h12-14,17H,2-10H2,1H3;1H. The highest BCUT2D eigenvalue weighted by Crippen LogP contribution is 2.38. The molecule has 3 fully saturated rings. The highest BCUT2D eigenvalue weighted by Gasteiger charge is 2.39. The number of hydrogen-bond acceptors (Lipinski definition) is 4. The molecule has 0 bridgehead atoms. The van der Waals surface area contributed by atoms with E-state index in [0.717, 1.165) is 56.6 Å². The number of carbonyl (C=O) groups excluding carboxylic acids is 1. The van der Waals surface area contributed by atoms with E-state index in [1.165, 1.54) is 19.3 Å². The summed E-state index contributed by atoms with van der Waals surface area (Å²) in [4.78, 5) is 14.8. The first-order valence-electron chi connectivity index (χ1n) is 8.66. The van der Waals surface area contributed by atoms with Crippen molar-refractivity contribution in [2.45, 2.75) is 45.1 Å². The fourth-order valence-corrected chi connectivity index (χ4v) is 4.49. The van der Waals surface area contributed by atoms with Gasteiger partial charge in [-0.2, -0.15) is 0 Å². The molecule has 1 aromatic rings. The highest BCUT2D eigenvalue weighted by molar-refractivity contribution is 5.93. The van der Waals surface area contributed by atoms with E-state index >= 15 is 0 Å². The molecule has 0 spiro atoms. The van der Waals surface area contributed by atoms with E-state index in [0.29, 0.717) is 11.7 Å². The maximum atomic E-state index is 12.8. The minimum absolute atomic E-state index is 0. The van der Waals surface area contributed by atoms with Crippen molar-refractivity contribution < 1.29 is 4.79 Å². The minimum atomic E-state index is 0. The Kier molecular flexibility index (Phi) is 4.92. The van der Waals surface area contributed by atoms with Crippen molar-refractivity contribution in [3.05, 3.63) is 11.4 Å². The second-order valence-electron chi connectivity index (χ2n) is 7.11. The summed E-state index contributed by atoms with van der Waals surface area (Å²) in [5, 5.41) is 11.9. The number of hydrogen-bond donors (Lipinski definition) is 1. The number of amides is 1. The van der Waals surface area contributed by atoms with E-state index in [-0.39, 0.29) is 18.3 Å². The van der Waals surface area contributed by atoms with E-state index < -0.39 is 0 Å². The fourth-order valence-electron chi connectivity index (χ4n) is 4.49. The number of fused-ring (bicyclic) bond motifs is 1. The molecule has 1 saturated carbocycles. The smallest absolute Gasteiger partial charge is 0.276 e. The second-order valence-corrected chi connectivity index (χ2v) is 7.11. The summed E-state index contributed by atoms with van der Waals surface area (Å²) in [6, 6.07) is 0.383. The maximum Gasteiger partial charge on any atom is 0.276 e. The lowest BCUT2D eigenvalue weighted by atomic mass is 10.0. The van der Waals surface area contributed by atoms with Gasteiger partial charge < -0.3 is 10.2 Å². The summed E-state index contributed by atoms with van der Waals surface area (Å²) in [7, 11) is 0. The molecule has 3 heterocycles. The topological polar surface area (TPSA) is 63.1 Å². The van der Waals surface area contributed by atoms with Gasteiger partial charge in [-0.05, 0) is 57.5 Å². The van der Waals surface area contributed by atoms with Crippen LogP contribution in [-0.4, -0.2) is 52.0 Å². The Morgan fingerprint density at radius 2 is 1.78 bits per heavy atom. The van der Waals surface area contributed by atoms with Crippen molar-refractivity contribution in [2.75, 3.05) is 26.2 Å². The lowest BCUT2D eigenvalue weighted by molar-refractivity contribution is 0.0774. The van der Waals surface area contributed by atoms with Gasteiger partial charge in [0.15, 0.2) is 5.69 Å². The summed E-state index contributed by atoms with van der Waals surface area (Å²) >= 11 is 0. The molecule has 2 unspecified atom stereocenters. The maximum absolute atomic E-state index is 12.8. The predicted octanol–water partition coefficient (Wildman–Crippen LogP) is 1.80. The summed E-state index contributed by atoms with van der Waals surface area (Å²) in [5.41, 5.74) is 1.51. The Morgan fingerprint density at radius 3 is 2.43 bits per heavy atom. The van der Waals surface area contributed by atoms with Crippen molar-refractivity contribution >= 4 is 18.3 Å². The number of halogens is 1. The van der Waals surface area contributed by atoms with Crippen molar-refractivity contribution in [2.24, 2.45) is 11.8 Å². The van der Waals surface area contributed by atoms with Crippen LogP contribution >= 0.6 is 12.4 Å². The largest absolute Gasteiger partial charge is 0.337 e. The molecule has 2 aliphatic heterocycles. The van der Waals surface area contributed by atoms with E-state index in [9.17, 15) is 4.79 Å².